The summed E-state index contributed by atoms with van der Waals surface area (Å²) in [6.07, 6.45) is 1.49. The molecule has 0 heterocycles. The van der Waals surface area contributed by atoms with Crippen molar-refractivity contribution in [2.75, 3.05) is 27.1 Å². The van der Waals surface area contributed by atoms with Gasteiger partial charge in [-0.3, -0.25) is 13.8 Å². The fourth-order valence-electron chi connectivity index (χ4n) is 3.31. The molecule has 0 saturated carbocycles. The predicted molar refractivity (Wildman–Crippen MR) is 145 cm³/mol. The molecule has 0 aliphatic carbocycles. The number of rotatable bonds is 10. The van der Waals surface area contributed by atoms with E-state index in [4.69, 9.17) is 23.2 Å². The maximum atomic E-state index is 12.7. The quantitative estimate of drug-likeness (QED) is 0.344. The van der Waals surface area contributed by atoms with Crippen molar-refractivity contribution >= 4 is 66.2 Å². The van der Waals surface area contributed by atoms with Crippen molar-refractivity contribution in [2.24, 2.45) is 0 Å². The first-order chi connectivity index (χ1) is 16.9. The Morgan fingerprint density at radius 3 is 2.17 bits per heavy atom. The molecule has 0 aromatic heterocycles. The van der Waals surface area contributed by atoms with Gasteiger partial charge in [-0.2, -0.15) is 0 Å². The van der Waals surface area contributed by atoms with Gasteiger partial charge in [0.25, 0.3) is 10.0 Å². The molecule has 0 aliphatic heterocycles. The van der Waals surface area contributed by atoms with E-state index in [1.54, 1.807) is 24.3 Å². The van der Waals surface area contributed by atoms with Crippen molar-refractivity contribution in [3.63, 3.8) is 0 Å². The van der Waals surface area contributed by atoms with Crippen molar-refractivity contribution in [3.05, 3.63) is 82.3 Å². The van der Waals surface area contributed by atoms with Gasteiger partial charge < -0.3 is 5.32 Å². The lowest BCUT2D eigenvalue weighted by Crippen LogP contribution is -2.31. The van der Waals surface area contributed by atoms with Gasteiger partial charge in [-0.1, -0.05) is 47.0 Å². The molecular weight excluding hydrogens is 545 g/mol. The third kappa shape index (κ3) is 7.36. The third-order valence-corrected chi connectivity index (χ3v) is 8.53. The molecule has 2 N–H and O–H groups in total. The molecule has 0 radical (unpaired) electrons. The molecule has 12 heteroatoms. The number of nitrogens with zero attached hydrogens (tertiary/aromatic N) is 1. The average molecular weight is 571 g/mol. The molecule has 0 unspecified atom stereocenters. The van der Waals surface area contributed by atoms with Crippen LogP contribution in [0.25, 0.3) is 0 Å². The molecular formula is C24H25Cl2N3O5S2. The highest BCUT2D eigenvalue weighted by atomic mass is 35.5. The summed E-state index contributed by atoms with van der Waals surface area (Å²) < 4.78 is 53.4. The molecule has 3 aromatic carbocycles. The van der Waals surface area contributed by atoms with Crippen LogP contribution in [0.4, 0.5) is 17.1 Å². The standard InChI is InChI=1S/C24H25Cl2N3O5S2/c1-17-8-12-19(13-9-17)29(35(2,31)32)16-4-7-23(30)27-18-10-14-20(15-11-18)36(33,34)28-22-6-3-5-21(25)24(22)26/h3,5-6,8-15,28H,4,7,16H2,1-2H3,(H,27,30). The van der Waals surface area contributed by atoms with Gasteiger partial charge in [0.1, 0.15) is 0 Å². The van der Waals surface area contributed by atoms with Crippen LogP contribution in [0, 0.1) is 6.92 Å². The largest absolute Gasteiger partial charge is 0.326 e. The van der Waals surface area contributed by atoms with Gasteiger partial charge in [-0.15, -0.1) is 0 Å². The summed E-state index contributed by atoms with van der Waals surface area (Å²) in [7, 11) is -7.44. The van der Waals surface area contributed by atoms with Crippen LogP contribution in [0.2, 0.25) is 10.0 Å². The number of halogens is 2. The first kappa shape index (κ1) is 27.8. The molecule has 3 aromatic rings. The fourth-order valence-corrected chi connectivity index (χ4v) is 5.75. The summed E-state index contributed by atoms with van der Waals surface area (Å²) in [6.45, 7) is 2.05. The van der Waals surface area contributed by atoms with E-state index >= 15 is 0 Å². The highest BCUT2D eigenvalue weighted by molar-refractivity contribution is 7.92. The van der Waals surface area contributed by atoms with Gasteiger partial charge in [0.05, 0.1) is 32.6 Å². The SMILES string of the molecule is Cc1ccc(N(CCCC(=O)Nc2ccc(S(=O)(=O)Nc3cccc(Cl)c3Cl)cc2)S(C)(=O)=O)cc1. The summed E-state index contributed by atoms with van der Waals surface area (Å²) >= 11 is 12.0. The number of carbonyl (C=O) groups excluding carboxylic acids is 1. The predicted octanol–water partition coefficient (Wildman–Crippen LogP) is 5.29. The summed E-state index contributed by atoms with van der Waals surface area (Å²) in [5, 5.41) is 2.99. The lowest BCUT2D eigenvalue weighted by molar-refractivity contribution is -0.116. The van der Waals surface area contributed by atoms with Crippen molar-refractivity contribution in [3.8, 4) is 0 Å². The maximum absolute atomic E-state index is 12.7. The zero-order valence-corrected chi connectivity index (χ0v) is 22.7. The molecule has 1 amide bonds. The monoisotopic (exact) mass is 569 g/mol. The van der Waals surface area contributed by atoms with Crippen LogP contribution in [0.5, 0.6) is 0 Å². The van der Waals surface area contributed by atoms with E-state index in [-0.39, 0.29) is 39.5 Å². The van der Waals surface area contributed by atoms with Crippen LogP contribution in [0.1, 0.15) is 18.4 Å². The molecule has 192 valence electrons. The number of benzene rings is 3. The first-order valence-corrected chi connectivity index (χ1v) is 14.9. The molecule has 0 saturated heterocycles. The molecule has 0 bridgehead atoms. The van der Waals surface area contributed by atoms with Crippen LogP contribution in [-0.4, -0.2) is 35.5 Å². The minimum Gasteiger partial charge on any atom is -0.326 e. The van der Waals surface area contributed by atoms with E-state index in [0.29, 0.717) is 17.8 Å². The van der Waals surface area contributed by atoms with E-state index in [1.165, 1.54) is 34.6 Å². The Kier molecular flexibility index (Phi) is 8.89. The fraction of sp³-hybridized carbons (Fsp3) is 0.208. The second-order valence-electron chi connectivity index (χ2n) is 8.05. The van der Waals surface area contributed by atoms with Crippen molar-refractivity contribution in [2.45, 2.75) is 24.7 Å². The highest BCUT2D eigenvalue weighted by Gasteiger charge is 2.19. The van der Waals surface area contributed by atoms with Crippen LogP contribution >= 0.6 is 23.2 Å². The lowest BCUT2D eigenvalue weighted by Gasteiger charge is -2.22. The van der Waals surface area contributed by atoms with Crippen molar-refractivity contribution < 1.29 is 21.6 Å². The van der Waals surface area contributed by atoms with Gasteiger partial charge in [0.15, 0.2) is 0 Å². The second-order valence-corrected chi connectivity index (χ2v) is 12.4. The summed E-state index contributed by atoms with van der Waals surface area (Å²) in [6, 6.07) is 17.3. The number of anilines is 3. The van der Waals surface area contributed by atoms with E-state index in [2.05, 4.69) is 10.0 Å². The number of amides is 1. The zero-order chi connectivity index (χ0) is 26.5. The van der Waals surface area contributed by atoms with Gasteiger partial charge >= 0.3 is 0 Å². The number of hydrogen-bond acceptors (Lipinski definition) is 5. The topological polar surface area (TPSA) is 113 Å². The number of aryl methyl sites for hydroxylation is 1. The van der Waals surface area contributed by atoms with Crippen molar-refractivity contribution in [1.29, 1.82) is 0 Å². The zero-order valence-electron chi connectivity index (χ0n) is 19.5. The number of carbonyl (C=O) groups is 1. The van der Waals surface area contributed by atoms with Crippen molar-refractivity contribution in [1.82, 2.24) is 0 Å². The van der Waals surface area contributed by atoms with E-state index in [1.807, 2.05) is 19.1 Å². The van der Waals surface area contributed by atoms with E-state index in [0.717, 1.165) is 11.8 Å². The Hall–Kier alpha value is -2.79. The average Bonchev–Trinajstić information content (AvgIpc) is 2.80. The van der Waals surface area contributed by atoms with Gasteiger partial charge in [0.2, 0.25) is 15.9 Å². The normalized spacial score (nSPS) is 11.7. The van der Waals surface area contributed by atoms with Gasteiger partial charge in [-0.25, -0.2) is 16.8 Å². The molecule has 0 fully saturated rings. The van der Waals surface area contributed by atoms with E-state index in [9.17, 15) is 21.6 Å². The highest BCUT2D eigenvalue weighted by Crippen LogP contribution is 2.31. The smallest absolute Gasteiger partial charge is 0.261 e. The van der Waals surface area contributed by atoms with Crippen LogP contribution < -0.4 is 14.3 Å². The number of nitrogens with one attached hydrogen (secondary N) is 2. The Morgan fingerprint density at radius 2 is 1.56 bits per heavy atom. The second kappa shape index (κ2) is 11.5. The maximum Gasteiger partial charge on any atom is 0.261 e. The summed E-state index contributed by atoms with van der Waals surface area (Å²) in [5.74, 6) is -0.327. The minimum absolute atomic E-state index is 0.0292. The number of hydrogen-bond donors (Lipinski definition) is 2. The van der Waals surface area contributed by atoms with Gasteiger partial charge in [-0.05, 0) is 61.9 Å². The third-order valence-electron chi connectivity index (χ3n) is 5.13. The summed E-state index contributed by atoms with van der Waals surface area (Å²) in [4.78, 5) is 12.4. The molecule has 8 nitrogen and oxygen atoms in total. The Balaban J connectivity index is 1.58. The lowest BCUT2D eigenvalue weighted by atomic mass is 10.2. The molecule has 0 spiro atoms. The van der Waals surface area contributed by atoms with Crippen LogP contribution in [-0.2, 0) is 24.8 Å². The first-order valence-electron chi connectivity index (χ1n) is 10.8. The van der Waals surface area contributed by atoms with E-state index < -0.39 is 20.0 Å². The number of sulfonamides is 2. The Bertz CT molecular complexity index is 1440. The van der Waals surface area contributed by atoms with Crippen LogP contribution in [0.15, 0.2) is 71.6 Å². The van der Waals surface area contributed by atoms with Crippen LogP contribution in [0.3, 0.4) is 0 Å². The molecule has 3 rings (SSSR count). The summed E-state index contributed by atoms with van der Waals surface area (Å²) in [5.41, 5.74) is 2.09. The molecule has 36 heavy (non-hydrogen) atoms. The minimum atomic E-state index is -3.93. The van der Waals surface area contributed by atoms with Gasteiger partial charge in [0, 0.05) is 18.7 Å². The Morgan fingerprint density at radius 1 is 0.917 bits per heavy atom. The molecule has 0 aliphatic rings. The molecule has 0 atom stereocenters. The Labute approximate surface area is 221 Å².